The van der Waals surface area contributed by atoms with Crippen LogP contribution >= 0.6 is 0 Å². The third-order valence-corrected chi connectivity index (χ3v) is 2.41. The lowest BCUT2D eigenvalue weighted by Gasteiger charge is -2.29. The quantitative estimate of drug-likeness (QED) is 0.324. The monoisotopic (exact) mass is 264 g/mol. The van der Waals surface area contributed by atoms with Crippen molar-refractivity contribution in [3.8, 4) is 0 Å². The molecule has 0 bridgehead atoms. The van der Waals surface area contributed by atoms with Gasteiger partial charge in [0, 0.05) is 6.42 Å². The van der Waals surface area contributed by atoms with E-state index in [1.165, 1.54) is 20.8 Å². The number of hydrogen-bond acceptors (Lipinski definition) is 8. The number of carbonyl (C=O) groups is 1. The normalized spacial score (nSPS) is 25.8. The molecule has 1 aliphatic heterocycles. The third-order valence-electron chi connectivity index (χ3n) is 2.41. The zero-order chi connectivity index (χ0) is 14.0. The van der Waals surface area contributed by atoms with Gasteiger partial charge in [-0.15, -0.1) is 0 Å². The number of rotatable bonds is 6. The van der Waals surface area contributed by atoms with Gasteiger partial charge in [-0.2, -0.15) is 0 Å². The predicted molar refractivity (Wildman–Crippen MR) is 56.1 cm³/mol. The van der Waals surface area contributed by atoms with Gasteiger partial charge >= 0.3 is 6.16 Å². The van der Waals surface area contributed by atoms with Crippen LogP contribution in [0.25, 0.3) is 0 Å². The maximum Gasteiger partial charge on any atom is 0.514 e. The van der Waals surface area contributed by atoms with Crippen LogP contribution in [-0.2, 0) is 24.0 Å². The molecule has 8 heteroatoms. The van der Waals surface area contributed by atoms with E-state index in [1.807, 2.05) is 0 Å². The van der Waals surface area contributed by atoms with Crippen molar-refractivity contribution in [2.45, 2.75) is 44.9 Å². The largest absolute Gasteiger partial charge is 0.514 e. The van der Waals surface area contributed by atoms with Crippen molar-refractivity contribution in [1.82, 2.24) is 0 Å². The minimum absolute atomic E-state index is 0.0703. The summed E-state index contributed by atoms with van der Waals surface area (Å²) >= 11 is 0. The molecule has 1 heterocycles. The van der Waals surface area contributed by atoms with E-state index in [4.69, 9.17) is 20.0 Å². The van der Waals surface area contributed by atoms with Crippen LogP contribution in [0.1, 0.15) is 27.2 Å². The number of carbonyl (C=O) groups excluding carboxylic acids is 1. The summed E-state index contributed by atoms with van der Waals surface area (Å²) < 4.78 is 14.7. The van der Waals surface area contributed by atoms with Gasteiger partial charge in [0.2, 0.25) is 0 Å². The van der Waals surface area contributed by atoms with Gasteiger partial charge in [0.15, 0.2) is 17.7 Å². The number of ether oxygens (including phenoxy) is 3. The fourth-order valence-electron chi connectivity index (χ4n) is 1.38. The lowest BCUT2D eigenvalue weighted by atomic mass is 10.0. The van der Waals surface area contributed by atoms with Crippen molar-refractivity contribution in [3.05, 3.63) is 12.3 Å². The molecule has 0 amide bonds. The Morgan fingerprint density at radius 2 is 2.11 bits per heavy atom. The lowest BCUT2D eigenvalue weighted by Crippen LogP contribution is -2.39. The fourth-order valence-corrected chi connectivity index (χ4v) is 1.38. The van der Waals surface area contributed by atoms with Crippen molar-refractivity contribution in [2.75, 3.05) is 0 Å². The molecule has 0 saturated carbocycles. The molecule has 2 atom stereocenters. The van der Waals surface area contributed by atoms with E-state index in [9.17, 15) is 4.79 Å². The first-order valence-corrected chi connectivity index (χ1v) is 5.13. The van der Waals surface area contributed by atoms with Crippen LogP contribution in [0.5, 0.6) is 0 Å². The summed E-state index contributed by atoms with van der Waals surface area (Å²) in [6.45, 7) is 7.83. The highest BCUT2D eigenvalue weighted by Gasteiger charge is 2.45. The lowest BCUT2D eigenvalue weighted by molar-refractivity contribution is -0.452. The van der Waals surface area contributed by atoms with E-state index in [2.05, 4.69) is 21.1 Å². The van der Waals surface area contributed by atoms with E-state index in [0.29, 0.717) is 0 Å². The molecule has 0 spiro atoms. The Kier molecular flexibility index (Phi) is 4.30. The van der Waals surface area contributed by atoms with Crippen molar-refractivity contribution < 1.29 is 39.3 Å². The first-order chi connectivity index (χ1) is 8.22. The Morgan fingerprint density at radius 3 is 2.50 bits per heavy atom. The van der Waals surface area contributed by atoms with Gasteiger partial charge in [-0.3, -0.25) is 0 Å². The highest BCUT2D eigenvalue weighted by molar-refractivity contribution is 5.66. The molecule has 2 N–H and O–H groups in total. The summed E-state index contributed by atoms with van der Waals surface area (Å²) in [7, 11) is 0. The minimum Gasteiger partial charge on any atom is -0.419 e. The first-order valence-electron chi connectivity index (χ1n) is 5.13. The van der Waals surface area contributed by atoms with Gasteiger partial charge in [-0.1, -0.05) is 6.58 Å². The smallest absolute Gasteiger partial charge is 0.419 e. The van der Waals surface area contributed by atoms with E-state index in [0.717, 1.165) is 0 Å². The highest BCUT2D eigenvalue weighted by Crippen LogP contribution is 2.34. The molecule has 2 unspecified atom stereocenters. The highest BCUT2D eigenvalue weighted by atomic mass is 17.2. The van der Waals surface area contributed by atoms with Crippen LogP contribution in [0, 0.1) is 0 Å². The van der Waals surface area contributed by atoms with Crippen molar-refractivity contribution in [2.24, 2.45) is 0 Å². The Balaban J connectivity index is 2.69. The average Bonchev–Trinajstić information content (AvgIpc) is 2.51. The van der Waals surface area contributed by atoms with E-state index < -0.39 is 23.8 Å². The molecule has 0 radical (unpaired) electrons. The van der Waals surface area contributed by atoms with Crippen LogP contribution in [-0.4, -0.2) is 34.3 Å². The Morgan fingerprint density at radius 1 is 1.50 bits per heavy atom. The SMILES string of the molecule is C=C1OC(=O)OC1(C)CC(OO)OC(C)(C)OO. The molecule has 1 saturated heterocycles. The Labute approximate surface area is 104 Å². The number of cyclic esters (lactones) is 2. The third kappa shape index (κ3) is 3.40. The summed E-state index contributed by atoms with van der Waals surface area (Å²) in [5.41, 5.74) is -1.20. The Hall–Kier alpha value is -1.19. The van der Waals surface area contributed by atoms with Crippen LogP contribution < -0.4 is 0 Å². The Bertz CT molecular complexity index is 339. The predicted octanol–water partition coefficient (Wildman–Crippen LogP) is 1.87. The number of hydrogen-bond donors (Lipinski definition) is 2. The second-order valence-corrected chi connectivity index (χ2v) is 4.46. The standard InChI is InChI=1S/C10H16O8/c1-6-10(4,16-8(11)14-6)5-7(17-12)15-9(2,3)18-13/h7,12-13H,1,5H2,2-4H3. The summed E-state index contributed by atoms with van der Waals surface area (Å²) in [5.74, 6) is -1.34. The molecule has 1 aliphatic rings. The van der Waals surface area contributed by atoms with Gasteiger partial charge in [0.1, 0.15) is 5.76 Å². The summed E-state index contributed by atoms with van der Waals surface area (Å²) in [4.78, 5) is 19.1. The van der Waals surface area contributed by atoms with Crippen molar-refractivity contribution in [3.63, 3.8) is 0 Å². The molecule has 0 aromatic heterocycles. The molecule has 104 valence electrons. The van der Waals surface area contributed by atoms with Crippen LogP contribution in [0.3, 0.4) is 0 Å². The molecule has 0 aromatic carbocycles. The van der Waals surface area contributed by atoms with Gasteiger partial charge in [0.05, 0.1) is 0 Å². The molecular formula is C10H16O8. The zero-order valence-corrected chi connectivity index (χ0v) is 10.3. The van der Waals surface area contributed by atoms with Crippen LogP contribution in [0.2, 0.25) is 0 Å². The second kappa shape index (κ2) is 5.21. The molecule has 0 aliphatic carbocycles. The fraction of sp³-hybridized carbons (Fsp3) is 0.700. The molecule has 18 heavy (non-hydrogen) atoms. The molecule has 1 rings (SSSR count). The van der Waals surface area contributed by atoms with Crippen molar-refractivity contribution >= 4 is 6.16 Å². The van der Waals surface area contributed by atoms with Crippen molar-refractivity contribution in [1.29, 1.82) is 0 Å². The van der Waals surface area contributed by atoms with Gasteiger partial charge < -0.3 is 14.2 Å². The maximum absolute atomic E-state index is 11.0. The van der Waals surface area contributed by atoms with Gasteiger partial charge in [0.25, 0.3) is 0 Å². The maximum atomic E-state index is 11.0. The molecular weight excluding hydrogens is 248 g/mol. The summed E-state index contributed by atoms with van der Waals surface area (Å²) in [5, 5.41) is 17.3. The summed E-state index contributed by atoms with van der Waals surface area (Å²) in [6.07, 6.45) is -2.21. The molecule has 8 nitrogen and oxygen atoms in total. The second-order valence-electron chi connectivity index (χ2n) is 4.46. The van der Waals surface area contributed by atoms with Crippen LogP contribution in [0.4, 0.5) is 4.79 Å². The molecule has 0 aromatic rings. The molecule has 1 fully saturated rings. The minimum atomic E-state index is -1.41. The van der Waals surface area contributed by atoms with E-state index in [1.54, 1.807) is 0 Å². The van der Waals surface area contributed by atoms with Gasteiger partial charge in [-0.25, -0.2) is 25.1 Å². The first kappa shape index (κ1) is 14.9. The van der Waals surface area contributed by atoms with E-state index >= 15 is 0 Å². The zero-order valence-electron chi connectivity index (χ0n) is 10.3. The van der Waals surface area contributed by atoms with E-state index in [-0.39, 0.29) is 12.2 Å². The topological polar surface area (TPSA) is 104 Å². The average molecular weight is 264 g/mol. The summed E-state index contributed by atoms with van der Waals surface area (Å²) in [6, 6.07) is 0. The van der Waals surface area contributed by atoms with Gasteiger partial charge in [-0.05, 0) is 20.8 Å². The van der Waals surface area contributed by atoms with Crippen LogP contribution in [0.15, 0.2) is 12.3 Å².